The first-order valence-corrected chi connectivity index (χ1v) is 7.24. The van der Waals surface area contributed by atoms with E-state index >= 15 is 0 Å². The van der Waals surface area contributed by atoms with E-state index in [2.05, 4.69) is 10.2 Å². The number of aromatic carboxylic acids is 1. The molecule has 0 radical (unpaired) electrons. The Labute approximate surface area is 124 Å². The van der Waals surface area contributed by atoms with Gasteiger partial charge in [0.1, 0.15) is 5.75 Å². The lowest BCUT2D eigenvalue weighted by Gasteiger charge is -2.06. The molecule has 6 nitrogen and oxygen atoms in total. The number of methoxy groups -OCH3 is 1. The summed E-state index contributed by atoms with van der Waals surface area (Å²) in [4.78, 5) is 13.7. The van der Waals surface area contributed by atoms with Crippen molar-refractivity contribution in [2.75, 3.05) is 26.1 Å². The highest BCUT2D eigenvalue weighted by Crippen LogP contribution is 2.36. The smallest absolute Gasteiger partial charge is 0.336 e. The van der Waals surface area contributed by atoms with Crippen LogP contribution < -0.4 is 9.64 Å². The molecule has 0 spiro atoms. The Bertz CT molecular complexity index is 628. The molecule has 0 amide bonds. The van der Waals surface area contributed by atoms with E-state index in [-0.39, 0.29) is 5.56 Å². The molecule has 0 aliphatic rings. The molecule has 1 aromatic carbocycles. The highest BCUT2D eigenvalue weighted by molar-refractivity contribution is 8.01. The lowest BCUT2D eigenvalue weighted by atomic mass is 10.2. The SMILES string of the molecule is COc1ccc(C(=O)O)c(Sc2nnc(N(C)C)s2)c1. The van der Waals surface area contributed by atoms with Crippen molar-refractivity contribution in [1.82, 2.24) is 10.2 Å². The summed E-state index contributed by atoms with van der Waals surface area (Å²) >= 11 is 2.67. The van der Waals surface area contributed by atoms with Crippen LogP contribution in [-0.4, -0.2) is 42.5 Å². The molecule has 0 fully saturated rings. The van der Waals surface area contributed by atoms with E-state index in [1.807, 2.05) is 19.0 Å². The van der Waals surface area contributed by atoms with E-state index in [9.17, 15) is 9.90 Å². The van der Waals surface area contributed by atoms with Crippen LogP contribution in [0.3, 0.4) is 0 Å². The Morgan fingerprint density at radius 3 is 2.70 bits per heavy atom. The summed E-state index contributed by atoms with van der Waals surface area (Å²) in [6.07, 6.45) is 0. The maximum atomic E-state index is 11.2. The number of benzene rings is 1. The van der Waals surface area contributed by atoms with Gasteiger partial charge >= 0.3 is 5.97 Å². The first-order valence-electron chi connectivity index (χ1n) is 5.61. The third-order valence-corrected chi connectivity index (χ3v) is 4.59. The zero-order valence-electron chi connectivity index (χ0n) is 11.2. The predicted octanol–water partition coefficient (Wildman–Crippen LogP) is 2.46. The van der Waals surface area contributed by atoms with Crippen LogP contribution in [0.5, 0.6) is 5.75 Å². The third kappa shape index (κ3) is 3.20. The molecule has 106 valence electrons. The minimum absolute atomic E-state index is 0.220. The van der Waals surface area contributed by atoms with Crippen molar-refractivity contribution in [3.8, 4) is 5.75 Å². The van der Waals surface area contributed by atoms with Gasteiger partial charge in [0, 0.05) is 19.0 Å². The molecule has 0 saturated heterocycles. The molecule has 0 aliphatic heterocycles. The maximum Gasteiger partial charge on any atom is 0.336 e. The molecule has 0 atom stereocenters. The van der Waals surface area contributed by atoms with Crippen molar-refractivity contribution >= 4 is 34.2 Å². The molecule has 2 aromatic rings. The molecule has 0 saturated carbocycles. The summed E-state index contributed by atoms with van der Waals surface area (Å²) in [5.74, 6) is -0.373. The van der Waals surface area contributed by atoms with Crippen LogP contribution >= 0.6 is 23.1 Å². The fourth-order valence-corrected chi connectivity index (χ4v) is 3.28. The van der Waals surface area contributed by atoms with Gasteiger partial charge in [-0.15, -0.1) is 10.2 Å². The highest BCUT2D eigenvalue weighted by Gasteiger charge is 2.15. The second kappa shape index (κ2) is 6.10. The van der Waals surface area contributed by atoms with Gasteiger partial charge < -0.3 is 14.7 Å². The molecule has 2 rings (SSSR count). The Balaban J connectivity index is 2.32. The van der Waals surface area contributed by atoms with Crippen molar-refractivity contribution < 1.29 is 14.6 Å². The largest absolute Gasteiger partial charge is 0.497 e. The van der Waals surface area contributed by atoms with Gasteiger partial charge in [0.25, 0.3) is 0 Å². The van der Waals surface area contributed by atoms with Crippen LogP contribution in [0.1, 0.15) is 10.4 Å². The molecule has 1 N–H and O–H groups in total. The first-order chi connectivity index (χ1) is 9.51. The van der Waals surface area contributed by atoms with E-state index in [4.69, 9.17) is 4.74 Å². The van der Waals surface area contributed by atoms with Crippen molar-refractivity contribution in [2.45, 2.75) is 9.24 Å². The molecule has 8 heteroatoms. The average Bonchev–Trinajstić information content (AvgIpc) is 2.87. The molecule has 1 heterocycles. The summed E-state index contributed by atoms with van der Waals surface area (Å²) in [6, 6.07) is 4.83. The molecular weight excluding hydrogens is 298 g/mol. The predicted molar refractivity (Wildman–Crippen MR) is 78.3 cm³/mol. The van der Waals surface area contributed by atoms with Gasteiger partial charge in [-0.2, -0.15) is 0 Å². The van der Waals surface area contributed by atoms with E-state index in [1.165, 1.54) is 29.2 Å². The van der Waals surface area contributed by atoms with Gasteiger partial charge in [-0.1, -0.05) is 23.1 Å². The number of carboxylic acid groups (broad SMARTS) is 1. The van der Waals surface area contributed by atoms with Crippen LogP contribution in [0.25, 0.3) is 0 Å². The molecule has 0 unspecified atom stereocenters. The minimum Gasteiger partial charge on any atom is -0.497 e. The van der Waals surface area contributed by atoms with Crippen LogP contribution in [0.2, 0.25) is 0 Å². The van der Waals surface area contributed by atoms with Gasteiger partial charge in [0.05, 0.1) is 12.7 Å². The van der Waals surface area contributed by atoms with E-state index in [1.54, 1.807) is 19.2 Å². The van der Waals surface area contributed by atoms with Gasteiger partial charge in [0.15, 0.2) is 4.34 Å². The second-order valence-corrected chi connectivity index (χ2v) is 6.26. The number of hydrogen-bond acceptors (Lipinski definition) is 7. The molecule has 0 bridgehead atoms. The molecule has 1 aromatic heterocycles. The maximum absolute atomic E-state index is 11.2. The van der Waals surface area contributed by atoms with E-state index < -0.39 is 5.97 Å². The normalized spacial score (nSPS) is 10.3. The lowest BCUT2D eigenvalue weighted by Crippen LogP contribution is -2.07. The second-order valence-electron chi connectivity index (χ2n) is 4.01. The molecular formula is C12H13N3O3S2. The Morgan fingerprint density at radius 1 is 1.40 bits per heavy atom. The number of rotatable bonds is 5. The molecule has 20 heavy (non-hydrogen) atoms. The lowest BCUT2D eigenvalue weighted by molar-refractivity contribution is 0.0693. The number of carbonyl (C=O) groups is 1. The van der Waals surface area contributed by atoms with Crippen molar-refractivity contribution in [2.24, 2.45) is 0 Å². The highest BCUT2D eigenvalue weighted by atomic mass is 32.2. The van der Waals surface area contributed by atoms with Crippen LogP contribution in [0.4, 0.5) is 5.13 Å². The van der Waals surface area contributed by atoms with Crippen LogP contribution in [-0.2, 0) is 0 Å². The van der Waals surface area contributed by atoms with Gasteiger partial charge in [-0.25, -0.2) is 4.79 Å². The summed E-state index contributed by atoms with van der Waals surface area (Å²) in [7, 11) is 5.30. The minimum atomic E-state index is -0.979. The summed E-state index contributed by atoms with van der Waals surface area (Å²) < 4.78 is 5.81. The molecule has 0 aliphatic carbocycles. The van der Waals surface area contributed by atoms with Crippen LogP contribution in [0.15, 0.2) is 27.4 Å². The Kier molecular flexibility index (Phi) is 4.46. The summed E-state index contributed by atoms with van der Waals surface area (Å²) in [5.41, 5.74) is 0.220. The zero-order valence-corrected chi connectivity index (χ0v) is 12.8. The standard InChI is InChI=1S/C12H13N3O3S2/c1-15(2)11-13-14-12(20-11)19-9-6-7(18-3)4-5-8(9)10(16)17/h4-6H,1-3H3,(H,16,17). The zero-order chi connectivity index (χ0) is 14.7. The van der Waals surface area contributed by atoms with Gasteiger partial charge in [0.2, 0.25) is 5.13 Å². The number of ether oxygens (including phenoxy) is 1. The van der Waals surface area contributed by atoms with Crippen molar-refractivity contribution in [3.05, 3.63) is 23.8 Å². The van der Waals surface area contributed by atoms with E-state index in [0.717, 1.165) is 5.13 Å². The Morgan fingerprint density at radius 2 is 2.15 bits per heavy atom. The average molecular weight is 311 g/mol. The fourth-order valence-electron chi connectivity index (χ4n) is 1.41. The monoisotopic (exact) mass is 311 g/mol. The van der Waals surface area contributed by atoms with Gasteiger partial charge in [-0.05, 0) is 18.2 Å². The number of aromatic nitrogens is 2. The Hall–Kier alpha value is -1.80. The van der Waals surface area contributed by atoms with Gasteiger partial charge in [-0.3, -0.25) is 0 Å². The third-order valence-electron chi connectivity index (χ3n) is 2.39. The topological polar surface area (TPSA) is 75.5 Å². The number of nitrogens with zero attached hydrogens (tertiary/aromatic N) is 3. The number of carboxylic acids is 1. The summed E-state index contributed by atoms with van der Waals surface area (Å²) in [6.45, 7) is 0. The number of anilines is 1. The summed E-state index contributed by atoms with van der Waals surface area (Å²) in [5, 5.41) is 18.0. The number of hydrogen-bond donors (Lipinski definition) is 1. The first kappa shape index (κ1) is 14.6. The van der Waals surface area contributed by atoms with Crippen LogP contribution in [0, 0.1) is 0 Å². The van der Waals surface area contributed by atoms with Crippen molar-refractivity contribution in [3.63, 3.8) is 0 Å². The van der Waals surface area contributed by atoms with Crippen molar-refractivity contribution in [1.29, 1.82) is 0 Å². The fraction of sp³-hybridized carbons (Fsp3) is 0.250. The van der Waals surface area contributed by atoms with E-state index in [0.29, 0.717) is 15.0 Å². The quantitative estimate of drug-likeness (QED) is 0.909.